The number of rotatable bonds is 3. The summed E-state index contributed by atoms with van der Waals surface area (Å²) in [5.74, 6) is 2.02. The molecule has 0 unspecified atom stereocenters. The van der Waals surface area contributed by atoms with Crippen molar-refractivity contribution in [2.24, 2.45) is 0 Å². The van der Waals surface area contributed by atoms with Gasteiger partial charge in [0.15, 0.2) is 5.82 Å². The van der Waals surface area contributed by atoms with Crippen molar-refractivity contribution in [1.29, 1.82) is 0 Å². The molecule has 0 aliphatic heterocycles. The van der Waals surface area contributed by atoms with Gasteiger partial charge < -0.3 is 4.52 Å². The molecular weight excluding hydrogens is 252 g/mol. The van der Waals surface area contributed by atoms with E-state index in [1.165, 1.54) is 11.1 Å². The molecule has 1 saturated carbocycles. The maximum Gasteiger partial charge on any atom is 0.229 e. The summed E-state index contributed by atoms with van der Waals surface area (Å²) in [6.45, 7) is 2.07. The summed E-state index contributed by atoms with van der Waals surface area (Å²) < 4.78 is 5.36. The lowest BCUT2D eigenvalue weighted by molar-refractivity contribution is -0.120. The highest BCUT2D eigenvalue weighted by molar-refractivity contribution is 5.79. The van der Waals surface area contributed by atoms with E-state index in [2.05, 4.69) is 41.3 Å². The normalized spacial score (nSPS) is 16.6. The van der Waals surface area contributed by atoms with Crippen molar-refractivity contribution in [3.8, 4) is 0 Å². The number of carbonyl (C=O) groups is 1. The first-order valence-electron chi connectivity index (χ1n) is 7.10. The summed E-state index contributed by atoms with van der Waals surface area (Å²) in [5, 5.41) is 4.06. The highest BCUT2D eigenvalue weighted by Gasteiger charge is 2.24. The highest BCUT2D eigenvalue weighted by atomic mass is 16.5. The zero-order chi connectivity index (χ0) is 13.9. The third-order valence-corrected chi connectivity index (χ3v) is 3.86. The molecule has 1 aliphatic carbocycles. The van der Waals surface area contributed by atoms with E-state index in [1.54, 1.807) is 0 Å². The number of ketones is 1. The smallest absolute Gasteiger partial charge is 0.229 e. The van der Waals surface area contributed by atoms with Crippen LogP contribution in [0.25, 0.3) is 0 Å². The molecule has 1 heterocycles. The number of benzene rings is 1. The second kappa shape index (κ2) is 5.57. The first-order chi connectivity index (χ1) is 9.70. The minimum Gasteiger partial charge on any atom is -0.339 e. The van der Waals surface area contributed by atoms with Crippen LogP contribution >= 0.6 is 0 Å². The molecule has 1 fully saturated rings. The van der Waals surface area contributed by atoms with Crippen LogP contribution in [-0.2, 0) is 11.2 Å². The van der Waals surface area contributed by atoms with E-state index in [0.717, 1.165) is 18.7 Å². The van der Waals surface area contributed by atoms with Crippen molar-refractivity contribution >= 4 is 5.78 Å². The Kier molecular flexibility index (Phi) is 3.63. The Balaban J connectivity index is 1.67. The van der Waals surface area contributed by atoms with Crippen molar-refractivity contribution in [3.05, 3.63) is 47.1 Å². The standard InChI is InChI=1S/C16H18N2O2/c1-11-2-4-12(5-3-11)10-15-17-16(20-18-15)13-6-8-14(19)9-7-13/h2-5,13H,6-10H2,1H3. The number of hydrogen-bond acceptors (Lipinski definition) is 4. The summed E-state index contributed by atoms with van der Waals surface area (Å²) in [7, 11) is 0. The average molecular weight is 270 g/mol. The predicted molar refractivity (Wildman–Crippen MR) is 74.5 cm³/mol. The number of hydrogen-bond donors (Lipinski definition) is 0. The molecule has 2 aromatic rings. The van der Waals surface area contributed by atoms with Gasteiger partial charge in [0.25, 0.3) is 0 Å². The third-order valence-electron chi connectivity index (χ3n) is 3.86. The van der Waals surface area contributed by atoms with Gasteiger partial charge in [-0.15, -0.1) is 0 Å². The quantitative estimate of drug-likeness (QED) is 0.859. The topological polar surface area (TPSA) is 56.0 Å². The van der Waals surface area contributed by atoms with Crippen LogP contribution in [0.3, 0.4) is 0 Å². The van der Waals surface area contributed by atoms with Crippen LogP contribution < -0.4 is 0 Å². The number of carbonyl (C=O) groups excluding carboxylic acids is 1. The molecule has 0 saturated heterocycles. The molecule has 3 rings (SSSR count). The van der Waals surface area contributed by atoms with E-state index in [4.69, 9.17) is 4.52 Å². The molecule has 0 spiro atoms. The number of nitrogens with zero attached hydrogens (tertiary/aromatic N) is 2. The van der Waals surface area contributed by atoms with Crippen LogP contribution in [0.4, 0.5) is 0 Å². The molecule has 4 nitrogen and oxygen atoms in total. The van der Waals surface area contributed by atoms with Crippen LogP contribution in [0, 0.1) is 6.92 Å². The van der Waals surface area contributed by atoms with Crippen LogP contribution in [0.2, 0.25) is 0 Å². The predicted octanol–water partition coefficient (Wildman–Crippen LogP) is 3.20. The van der Waals surface area contributed by atoms with Gasteiger partial charge >= 0.3 is 0 Å². The maximum atomic E-state index is 11.2. The molecule has 0 atom stereocenters. The van der Waals surface area contributed by atoms with Crippen LogP contribution in [-0.4, -0.2) is 15.9 Å². The van der Waals surface area contributed by atoms with Gasteiger partial charge in [0.05, 0.1) is 0 Å². The molecule has 0 bridgehead atoms. The summed E-state index contributed by atoms with van der Waals surface area (Å²) in [5.41, 5.74) is 2.43. The van der Waals surface area contributed by atoms with E-state index in [9.17, 15) is 4.79 Å². The number of aryl methyl sites for hydroxylation is 1. The van der Waals surface area contributed by atoms with Gasteiger partial charge in [-0.3, -0.25) is 4.79 Å². The summed E-state index contributed by atoms with van der Waals surface area (Å²) in [6.07, 6.45) is 3.64. The van der Waals surface area contributed by atoms with Crippen molar-refractivity contribution < 1.29 is 9.32 Å². The van der Waals surface area contributed by atoms with E-state index in [-0.39, 0.29) is 5.92 Å². The average Bonchev–Trinajstić information content (AvgIpc) is 2.91. The molecule has 0 N–H and O–H groups in total. The fourth-order valence-electron chi connectivity index (χ4n) is 2.58. The van der Waals surface area contributed by atoms with Gasteiger partial charge in [0.1, 0.15) is 5.78 Å². The Labute approximate surface area is 118 Å². The first kappa shape index (κ1) is 13.0. The van der Waals surface area contributed by atoms with Gasteiger partial charge in [-0.2, -0.15) is 4.98 Å². The zero-order valence-corrected chi connectivity index (χ0v) is 11.6. The number of aromatic nitrogens is 2. The molecule has 1 aromatic heterocycles. The van der Waals surface area contributed by atoms with Gasteiger partial charge in [0, 0.05) is 25.2 Å². The monoisotopic (exact) mass is 270 g/mol. The molecule has 0 amide bonds. The Morgan fingerprint density at radius 2 is 1.90 bits per heavy atom. The van der Waals surface area contributed by atoms with Crippen molar-refractivity contribution in [1.82, 2.24) is 10.1 Å². The Morgan fingerprint density at radius 1 is 1.20 bits per heavy atom. The molecular formula is C16H18N2O2. The molecule has 1 aromatic carbocycles. The van der Waals surface area contributed by atoms with E-state index < -0.39 is 0 Å². The summed E-state index contributed by atoms with van der Waals surface area (Å²) in [6, 6.07) is 8.35. The molecule has 0 radical (unpaired) electrons. The second-order valence-electron chi connectivity index (χ2n) is 5.52. The van der Waals surface area contributed by atoms with Crippen LogP contribution in [0.1, 0.15) is 54.4 Å². The van der Waals surface area contributed by atoms with Crippen molar-refractivity contribution in [2.45, 2.75) is 44.9 Å². The van der Waals surface area contributed by atoms with E-state index >= 15 is 0 Å². The van der Waals surface area contributed by atoms with Crippen molar-refractivity contribution in [3.63, 3.8) is 0 Å². The van der Waals surface area contributed by atoms with Gasteiger partial charge in [-0.05, 0) is 25.3 Å². The molecule has 1 aliphatic rings. The fraction of sp³-hybridized carbons (Fsp3) is 0.438. The Hall–Kier alpha value is -1.97. The minimum absolute atomic E-state index is 0.256. The van der Waals surface area contributed by atoms with E-state index in [1.807, 2.05) is 0 Å². The fourth-order valence-corrected chi connectivity index (χ4v) is 2.58. The van der Waals surface area contributed by atoms with E-state index in [0.29, 0.717) is 30.9 Å². The lowest BCUT2D eigenvalue weighted by Gasteiger charge is -2.16. The lowest BCUT2D eigenvalue weighted by atomic mass is 9.88. The maximum absolute atomic E-state index is 11.2. The minimum atomic E-state index is 0.256. The van der Waals surface area contributed by atoms with Crippen molar-refractivity contribution in [2.75, 3.05) is 0 Å². The van der Waals surface area contributed by atoms with Crippen LogP contribution in [0.15, 0.2) is 28.8 Å². The molecule has 4 heteroatoms. The van der Waals surface area contributed by atoms with Crippen LogP contribution in [0.5, 0.6) is 0 Å². The Bertz CT molecular complexity index is 591. The largest absolute Gasteiger partial charge is 0.339 e. The van der Waals surface area contributed by atoms with Gasteiger partial charge in [-0.1, -0.05) is 35.0 Å². The number of Topliss-reactive ketones (excluding diaryl/α,β-unsaturated/α-hetero) is 1. The first-order valence-corrected chi connectivity index (χ1v) is 7.10. The SMILES string of the molecule is Cc1ccc(Cc2noc(C3CCC(=O)CC3)n2)cc1. The second-order valence-corrected chi connectivity index (χ2v) is 5.52. The zero-order valence-electron chi connectivity index (χ0n) is 11.6. The molecule has 20 heavy (non-hydrogen) atoms. The highest BCUT2D eigenvalue weighted by Crippen LogP contribution is 2.30. The van der Waals surface area contributed by atoms with Gasteiger partial charge in [-0.25, -0.2) is 0 Å². The molecule has 104 valence electrons. The summed E-state index contributed by atoms with van der Waals surface area (Å²) in [4.78, 5) is 15.7. The van der Waals surface area contributed by atoms with Gasteiger partial charge in [0.2, 0.25) is 5.89 Å². The summed E-state index contributed by atoms with van der Waals surface area (Å²) >= 11 is 0. The lowest BCUT2D eigenvalue weighted by Crippen LogP contribution is -2.12. The Morgan fingerprint density at radius 3 is 2.60 bits per heavy atom. The third kappa shape index (κ3) is 2.95.